The van der Waals surface area contributed by atoms with Crippen molar-refractivity contribution in [3.05, 3.63) is 17.6 Å². The summed E-state index contributed by atoms with van der Waals surface area (Å²) in [4.78, 5) is 29.8. The summed E-state index contributed by atoms with van der Waals surface area (Å²) in [7, 11) is 0. The van der Waals surface area contributed by atoms with Crippen LogP contribution in [0.2, 0.25) is 0 Å². The number of nitrogens with zero attached hydrogens (tertiary/aromatic N) is 3. The Morgan fingerprint density at radius 1 is 1.55 bits per heavy atom. The Bertz CT molecular complexity index is 473. The quantitative estimate of drug-likeness (QED) is 0.792. The minimum atomic E-state index is -0.718. The number of hydrogen-bond donors (Lipinski definition) is 2. The highest BCUT2D eigenvalue weighted by molar-refractivity contribution is 5.74. The molecule has 2 heterocycles. The van der Waals surface area contributed by atoms with Gasteiger partial charge in [0.25, 0.3) is 6.47 Å². The van der Waals surface area contributed by atoms with E-state index in [2.05, 4.69) is 16.9 Å². The number of aliphatic carboxylic acids is 1. The Balaban J connectivity index is 0.000000612. The van der Waals surface area contributed by atoms with Gasteiger partial charge in [0.05, 0.1) is 5.92 Å². The van der Waals surface area contributed by atoms with Crippen molar-refractivity contribution in [2.75, 3.05) is 18.0 Å². The summed E-state index contributed by atoms with van der Waals surface area (Å²) < 4.78 is 0. The third-order valence-corrected chi connectivity index (χ3v) is 3.01. The van der Waals surface area contributed by atoms with Crippen molar-refractivity contribution in [1.82, 2.24) is 9.97 Å². The predicted molar refractivity (Wildman–Crippen MR) is 72.8 cm³/mol. The average molecular weight is 281 g/mol. The molecule has 1 saturated heterocycles. The Morgan fingerprint density at radius 2 is 2.15 bits per heavy atom. The smallest absolute Gasteiger partial charge is 0.310 e. The van der Waals surface area contributed by atoms with Crippen molar-refractivity contribution in [1.29, 1.82) is 0 Å². The van der Waals surface area contributed by atoms with Gasteiger partial charge in [0.15, 0.2) is 0 Å². The van der Waals surface area contributed by atoms with Crippen LogP contribution in [-0.4, -0.2) is 45.7 Å². The fraction of sp³-hybridized carbons (Fsp3) is 0.538. The largest absolute Gasteiger partial charge is 0.483 e. The zero-order valence-electron chi connectivity index (χ0n) is 11.6. The van der Waals surface area contributed by atoms with E-state index in [4.69, 9.17) is 15.0 Å². The first-order chi connectivity index (χ1) is 9.53. The van der Waals surface area contributed by atoms with Gasteiger partial charge in [-0.05, 0) is 13.3 Å². The maximum Gasteiger partial charge on any atom is 0.310 e. The number of anilines is 1. The summed E-state index contributed by atoms with van der Waals surface area (Å²) in [5.41, 5.74) is 1.11. The Kier molecular flexibility index (Phi) is 5.89. The number of carboxylic acid groups (broad SMARTS) is 2. The highest BCUT2D eigenvalue weighted by Crippen LogP contribution is 2.26. The monoisotopic (exact) mass is 281 g/mol. The molecule has 2 rings (SSSR count). The van der Waals surface area contributed by atoms with Crippen LogP contribution >= 0.6 is 0 Å². The summed E-state index contributed by atoms with van der Waals surface area (Å²) >= 11 is 0. The van der Waals surface area contributed by atoms with Crippen LogP contribution in [0.5, 0.6) is 0 Å². The molecule has 1 aliphatic rings. The van der Waals surface area contributed by atoms with Crippen molar-refractivity contribution >= 4 is 18.3 Å². The Labute approximate surface area is 117 Å². The molecule has 0 aromatic carbocycles. The number of carboxylic acids is 1. The Hall–Kier alpha value is -2.18. The van der Waals surface area contributed by atoms with Gasteiger partial charge in [0.1, 0.15) is 11.6 Å². The molecule has 1 fully saturated rings. The normalized spacial score (nSPS) is 14.0. The van der Waals surface area contributed by atoms with Gasteiger partial charge >= 0.3 is 5.97 Å². The lowest BCUT2D eigenvalue weighted by Gasteiger charge is -2.38. The van der Waals surface area contributed by atoms with Gasteiger partial charge in [-0.15, -0.1) is 0 Å². The lowest BCUT2D eigenvalue weighted by Crippen LogP contribution is -2.51. The lowest BCUT2D eigenvalue weighted by molar-refractivity contribution is -0.142. The standard InChI is InChI=1S/C12H17N3O2.CH2O2/c1-3-4-9-5-13-8(2)14-11(9)15-6-10(7-15)12(16)17;2-1-3/h5,10H,3-4,6-7H2,1-2H3,(H,16,17);1H,(H,2,3). The summed E-state index contributed by atoms with van der Waals surface area (Å²) in [6.45, 7) is 4.83. The molecule has 0 saturated carbocycles. The molecule has 20 heavy (non-hydrogen) atoms. The van der Waals surface area contributed by atoms with E-state index in [0.717, 1.165) is 30.0 Å². The summed E-state index contributed by atoms with van der Waals surface area (Å²) in [5, 5.41) is 15.8. The number of hydrogen-bond acceptors (Lipinski definition) is 5. The molecule has 0 unspecified atom stereocenters. The molecule has 0 radical (unpaired) electrons. The van der Waals surface area contributed by atoms with Crippen molar-refractivity contribution < 1.29 is 19.8 Å². The first kappa shape index (κ1) is 15.9. The van der Waals surface area contributed by atoms with Gasteiger partial charge in [0, 0.05) is 24.8 Å². The third-order valence-electron chi connectivity index (χ3n) is 3.01. The molecule has 110 valence electrons. The molecular weight excluding hydrogens is 262 g/mol. The number of aryl methyl sites for hydroxylation is 2. The van der Waals surface area contributed by atoms with E-state index >= 15 is 0 Å². The van der Waals surface area contributed by atoms with Crippen LogP contribution in [0.25, 0.3) is 0 Å². The van der Waals surface area contributed by atoms with E-state index in [1.165, 1.54) is 0 Å². The number of carbonyl (C=O) groups is 2. The molecule has 7 nitrogen and oxygen atoms in total. The molecule has 0 amide bonds. The van der Waals surface area contributed by atoms with Gasteiger partial charge < -0.3 is 15.1 Å². The van der Waals surface area contributed by atoms with E-state index in [1.807, 2.05) is 18.0 Å². The van der Waals surface area contributed by atoms with E-state index in [9.17, 15) is 4.79 Å². The van der Waals surface area contributed by atoms with E-state index in [0.29, 0.717) is 13.1 Å². The van der Waals surface area contributed by atoms with Crippen molar-refractivity contribution in [3.63, 3.8) is 0 Å². The van der Waals surface area contributed by atoms with Crippen LogP contribution < -0.4 is 4.90 Å². The van der Waals surface area contributed by atoms with Gasteiger partial charge in [-0.25, -0.2) is 9.97 Å². The number of rotatable bonds is 4. The molecule has 1 aromatic rings. The SMILES string of the molecule is CCCc1cnc(C)nc1N1CC(C(=O)O)C1.O=CO. The molecule has 7 heteroatoms. The molecule has 0 aliphatic carbocycles. The van der Waals surface area contributed by atoms with Crippen molar-refractivity contribution in [2.24, 2.45) is 5.92 Å². The molecule has 0 bridgehead atoms. The molecule has 0 spiro atoms. The van der Waals surface area contributed by atoms with Crippen LogP contribution in [0.1, 0.15) is 24.7 Å². The highest BCUT2D eigenvalue weighted by Gasteiger charge is 2.34. The fourth-order valence-electron chi connectivity index (χ4n) is 2.01. The van der Waals surface area contributed by atoms with Crippen LogP contribution in [0.3, 0.4) is 0 Å². The molecule has 1 aromatic heterocycles. The number of aromatic nitrogens is 2. The van der Waals surface area contributed by atoms with E-state index in [-0.39, 0.29) is 12.4 Å². The summed E-state index contributed by atoms with van der Waals surface area (Å²) in [6, 6.07) is 0. The second-order valence-corrected chi connectivity index (χ2v) is 4.56. The predicted octanol–water partition coefficient (Wildman–Crippen LogP) is 0.959. The topological polar surface area (TPSA) is 104 Å². The van der Waals surface area contributed by atoms with E-state index < -0.39 is 5.97 Å². The summed E-state index contributed by atoms with van der Waals surface area (Å²) in [5.74, 6) is 0.680. The zero-order chi connectivity index (χ0) is 15.1. The lowest BCUT2D eigenvalue weighted by atomic mass is 9.99. The van der Waals surface area contributed by atoms with Crippen LogP contribution in [-0.2, 0) is 16.0 Å². The first-order valence-corrected chi connectivity index (χ1v) is 6.41. The molecule has 2 N–H and O–H groups in total. The minimum absolute atomic E-state index is 0.250. The minimum Gasteiger partial charge on any atom is -0.483 e. The maximum absolute atomic E-state index is 10.8. The fourth-order valence-corrected chi connectivity index (χ4v) is 2.01. The van der Waals surface area contributed by atoms with Gasteiger partial charge in [-0.3, -0.25) is 9.59 Å². The van der Waals surface area contributed by atoms with Crippen molar-refractivity contribution in [2.45, 2.75) is 26.7 Å². The highest BCUT2D eigenvalue weighted by atomic mass is 16.4. The second-order valence-electron chi connectivity index (χ2n) is 4.56. The first-order valence-electron chi connectivity index (χ1n) is 6.41. The van der Waals surface area contributed by atoms with Gasteiger partial charge in [-0.2, -0.15) is 0 Å². The maximum atomic E-state index is 10.8. The van der Waals surface area contributed by atoms with Gasteiger partial charge in [-0.1, -0.05) is 13.3 Å². The average Bonchev–Trinajstić information content (AvgIpc) is 2.31. The molecule has 0 atom stereocenters. The summed E-state index contributed by atoms with van der Waals surface area (Å²) in [6.07, 6.45) is 3.83. The Morgan fingerprint density at radius 3 is 2.65 bits per heavy atom. The van der Waals surface area contributed by atoms with Crippen LogP contribution in [0, 0.1) is 12.8 Å². The molecule has 1 aliphatic heterocycles. The van der Waals surface area contributed by atoms with Crippen molar-refractivity contribution in [3.8, 4) is 0 Å². The zero-order valence-corrected chi connectivity index (χ0v) is 11.6. The van der Waals surface area contributed by atoms with E-state index in [1.54, 1.807) is 0 Å². The van der Waals surface area contributed by atoms with Gasteiger partial charge in [0.2, 0.25) is 0 Å². The van der Waals surface area contributed by atoms with Crippen LogP contribution in [0.15, 0.2) is 6.20 Å². The third kappa shape index (κ3) is 3.91. The van der Waals surface area contributed by atoms with Crippen LogP contribution in [0.4, 0.5) is 5.82 Å². The molecular formula is C13H19N3O4. The second kappa shape index (κ2) is 7.42.